The fourth-order valence-electron chi connectivity index (χ4n) is 5.02. The summed E-state index contributed by atoms with van der Waals surface area (Å²) in [6.45, 7) is 0.340. The van der Waals surface area contributed by atoms with Gasteiger partial charge in [0, 0.05) is 35.1 Å². The molecule has 1 aromatic heterocycles. The topological polar surface area (TPSA) is 119 Å². The van der Waals surface area contributed by atoms with E-state index in [1.807, 2.05) is 16.7 Å². The Hall–Kier alpha value is -4.31. The molecule has 1 heterocycles. The summed E-state index contributed by atoms with van der Waals surface area (Å²) >= 11 is 0. The van der Waals surface area contributed by atoms with Crippen LogP contribution in [0.25, 0.3) is 10.9 Å². The van der Waals surface area contributed by atoms with Crippen molar-refractivity contribution in [2.75, 3.05) is 0 Å². The van der Waals surface area contributed by atoms with Gasteiger partial charge in [-0.2, -0.15) is 13.2 Å². The van der Waals surface area contributed by atoms with Gasteiger partial charge in [0.1, 0.15) is 23.0 Å². The standard InChI is InChI=1S/C30H30F3N5O2/c31-30(32,33)21-2-1-3-25(16-21)40-24-12-4-18(5-13-24)17-38-26-15-20(28(35)36)7-6-19(26)14-27(38)29(39)37-23-10-8-22(34)9-11-23/h1-7,12-16,22-23H,8-11,17,34H2,(H3,35,36)(H,37,39)/t22-,23-. The van der Waals surface area contributed by atoms with Gasteiger partial charge in [-0.05, 0) is 73.7 Å². The highest BCUT2D eigenvalue weighted by Crippen LogP contribution is 2.33. The molecule has 4 aromatic rings. The van der Waals surface area contributed by atoms with Crippen molar-refractivity contribution in [1.82, 2.24) is 9.88 Å². The lowest BCUT2D eigenvalue weighted by Gasteiger charge is -2.27. The molecule has 40 heavy (non-hydrogen) atoms. The summed E-state index contributed by atoms with van der Waals surface area (Å²) in [5.74, 6) is 0.201. The van der Waals surface area contributed by atoms with Crippen LogP contribution in [0.15, 0.2) is 72.8 Å². The molecule has 0 saturated heterocycles. The number of amidine groups is 1. The van der Waals surface area contributed by atoms with Crippen LogP contribution in [0, 0.1) is 5.41 Å². The number of halogens is 3. The fraction of sp³-hybridized carbons (Fsp3) is 0.267. The number of amides is 1. The van der Waals surface area contributed by atoms with Gasteiger partial charge in [-0.3, -0.25) is 10.2 Å². The first-order valence-electron chi connectivity index (χ1n) is 13.0. The number of carbonyl (C=O) groups excluding carboxylic acids is 1. The first kappa shape index (κ1) is 27.3. The van der Waals surface area contributed by atoms with Crippen LogP contribution < -0.4 is 21.5 Å². The van der Waals surface area contributed by atoms with E-state index in [9.17, 15) is 18.0 Å². The minimum absolute atomic E-state index is 0.0545. The van der Waals surface area contributed by atoms with Gasteiger partial charge in [-0.15, -0.1) is 0 Å². The van der Waals surface area contributed by atoms with Crippen LogP contribution in [-0.2, 0) is 12.7 Å². The summed E-state index contributed by atoms with van der Waals surface area (Å²) < 4.78 is 46.7. The molecule has 5 rings (SSSR count). The molecular formula is C30H30F3N5O2. The van der Waals surface area contributed by atoms with Crippen molar-refractivity contribution >= 4 is 22.6 Å². The molecule has 1 saturated carbocycles. The summed E-state index contributed by atoms with van der Waals surface area (Å²) in [5, 5.41) is 11.8. The highest BCUT2D eigenvalue weighted by molar-refractivity contribution is 6.02. The van der Waals surface area contributed by atoms with E-state index in [1.165, 1.54) is 12.1 Å². The van der Waals surface area contributed by atoms with E-state index in [2.05, 4.69) is 5.32 Å². The number of hydrogen-bond acceptors (Lipinski definition) is 4. The molecule has 10 heteroatoms. The Bertz CT molecular complexity index is 1540. The highest BCUT2D eigenvalue weighted by atomic mass is 19.4. The van der Waals surface area contributed by atoms with E-state index in [4.69, 9.17) is 21.6 Å². The number of ether oxygens (including phenoxy) is 1. The summed E-state index contributed by atoms with van der Waals surface area (Å²) in [6, 6.07) is 19.1. The number of nitrogens with zero attached hydrogens (tertiary/aromatic N) is 1. The van der Waals surface area contributed by atoms with Gasteiger partial charge in [0.2, 0.25) is 0 Å². The van der Waals surface area contributed by atoms with Gasteiger partial charge < -0.3 is 26.1 Å². The third-order valence-electron chi connectivity index (χ3n) is 7.22. The smallest absolute Gasteiger partial charge is 0.416 e. The van der Waals surface area contributed by atoms with E-state index < -0.39 is 11.7 Å². The molecule has 0 radical (unpaired) electrons. The van der Waals surface area contributed by atoms with Crippen molar-refractivity contribution < 1.29 is 22.7 Å². The minimum Gasteiger partial charge on any atom is -0.457 e. The number of aromatic nitrogens is 1. The van der Waals surface area contributed by atoms with Crippen LogP contribution >= 0.6 is 0 Å². The molecule has 1 amide bonds. The fourth-order valence-corrected chi connectivity index (χ4v) is 5.02. The predicted molar refractivity (Wildman–Crippen MR) is 148 cm³/mol. The molecule has 1 aliphatic rings. The van der Waals surface area contributed by atoms with Crippen molar-refractivity contribution in [3.63, 3.8) is 0 Å². The maximum absolute atomic E-state index is 13.4. The number of alkyl halides is 3. The molecule has 0 unspecified atom stereocenters. The van der Waals surface area contributed by atoms with Crippen molar-refractivity contribution in [3.05, 3.63) is 95.2 Å². The number of carbonyl (C=O) groups is 1. The van der Waals surface area contributed by atoms with Crippen LogP contribution in [0.4, 0.5) is 13.2 Å². The van der Waals surface area contributed by atoms with Gasteiger partial charge in [-0.25, -0.2) is 0 Å². The molecule has 6 N–H and O–H groups in total. The van der Waals surface area contributed by atoms with Gasteiger partial charge >= 0.3 is 6.18 Å². The third-order valence-corrected chi connectivity index (χ3v) is 7.22. The Labute approximate surface area is 229 Å². The van der Waals surface area contributed by atoms with Gasteiger partial charge in [0.25, 0.3) is 5.91 Å². The monoisotopic (exact) mass is 549 g/mol. The highest BCUT2D eigenvalue weighted by Gasteiger charge is 2.30. The molecule has 1 fully saturated rings. The number of rotatable bonds is 7. The van der Waals surface area contributed by atoms with Crippen LogP contribution in [0.2, 0.25) is 0 Å². The zero-order chi connectivity index (χ0) is 28.4. The van der Waals surface area contributed by atoms with Crippen LogP contribution in [0.5, 0.6) is 11.5 Å². The first-order chi connectivity index (χ1) is 19.1. The van der Waals surface area contributed by atoms with E-state index >= 15 is 0 Å². The molecular weight excluding hydrogens is 519 g/mol. The summed E-state index contributed by atoms with van der Waals surface area (Å²) in [6.07, 6.45) is -1.07. The molecule has 0 bridgehead atoms. The second-order valence-electron chi connectivity index (χ2n) is 10.2. The molecule has 0 atom stereocenters. The largest absolute Gasteiger partial charge is 0.457 e. The molecule has 0 aliphatic heterocycles. The molecule has 208 valence electrons. The molecule has 1 aliphatic carbocycles. The SMILES string of the molecule is N=C(N)c1ccc2cc(C(=O)N[C@H]3CC[C@H](N)CC3)n(Cc3ccc(Oc4cccc(C(F)(F)F)c4)cc3)c2c1. The number of benzene rings is 3. The predicted octanol–water partition coefficient (Wildman–Crippen LogP) is 5.78. The van der Waals surface area contributed by atoms with Crippen molar-refractivity contribution in [2.24, 2.45) is 11.5 Å². The molecule has 3 aromatic carbocycles. The minimum atomic E-state index is -4.46. The lowest BCUT2D eigenvalue weighted by molar-refractivity contribution is -0.137. The number of hydrogen-bond donors (Lipinski definition) is 4. The Kier molecular flexibility index (Phi) is 7.53. The number of nitrogens with two attached hydrogens (primary N) is 2. The Morgan fingerprint density at radius 3 is 2.38 bits per heavy atom. The third kappa shape index (κ3) is 6.12. The van der Waals surface area contributed by atoms with Gasteiger partial charge in [-0.1, -0.05) is 30.3 Å². The van der Waals surface area contributed by atoms with Gasteiger partial charge in [0.05, 0.1) is 5.56 Å². The van der Waals surface area contributed by atoms with Crippen molar-refractivity contribution in [2.45, 2.75) is 50.5 Å². The number of nitrogen functional groups attached to an aromatic ring is 1. The Morgan fingerprint density at radius 1 is 0.975 bits per heavy atom. The normalized spacial score (nSPS) is 17.5. The second-order valence-corrected chi connectivity index (χ2v) is 10.2. The van der Waals surface area contributed by atoms with Crippen molar-refractivity contribution in [3.8, 4) is 11.5 Å². The van der Waals surface area contributed by atoms with Crippen LogP contribution in [0.3, 0.4) is 0 Å². The number of nitrogens with one attached hydrogen (secondary N) is 2. The summed E-state index contributed by atoms with van der Waals surface area (Å²) in [5.41, 5.74) is 13.6. The van der Waals surface area contributed by atoms with E-state index in [0.29, 0.717) is 23.6 Å². The lowest BCUT2D eigenvalue weighted by atomic mass is 9.92. The van der Waals surface area contributed by atoms with Crippen LogP contribution in [-0.4, -0.2) is 28.4 Å². The summed E-state index contributed by atoms with van der Waals surface area (Å²) in [4.78, 5) is 13.4. The molecule has 7 nitrogen and oxygen atoms in total. The zero-order valence-electron chi connectivity index (χ0n) is 21.7. The quantitative estimate of drug-likeness (QED) is 0.172. The maximum Gasteiger partial charge on any atom is 0.416 e. The average molecular weight is 550 g/mol. The van der Waals surface area contributed by atoms with E-state index in [1.54, 1.807) is 36.4 Å². The van der Waals surface area contributed by atoms with E-state index in [0.717, 1.165) is 54.3 Å². The Morgan fingerprint density at radius 2 is 1.70 bits per heavy atom. The lowest BCUT2D eigenvalue weighted by Crippen LogP contribution is -2.41. The number of fused-ring (bicyclic) bond motifs is 1. The summed E-state index contributed by atoms with van der Waals surface area (Å²) in [7, 11) is 0. The molecule has 0 spiro atoms. The van der Waals surface area contributed by atoms with Crippen molar-refractivity contribution in [1.29, 1.82) is 5.41 Å². The Balaban J connectivity index is 1.40. The van der Waals surface area contributed by atoms with Gasteiger partial charge in [0.15, 0.2) is 0 Å². The zero-order valence-corrected chi connectivity index (χ0v) is 21.7. The van der Waals surface area contributed by atoms with E-state index in [-0.39, 0.29) is 29.6 Å². The average Bonchev–Trinajstić information content (AvgIpc) is 3.28. The first-order valence-corrected chi connectivity index (χ1v) is 13.0. The maximum atomic E-state index is 13.4. The van der Waals surface area contributed by atoms with Crippen LogP contribution in [0.1, 0.15) is 52.9 Å². The second kappa shape index (κ2) is 11.1.